The average molecular weight is 242 g/mol. The molecule has 1 aliphatic rings. The van der Waals surface area contributed by atoms with Gasteiger partial charge in [-0.15, -0.1) is 0 Å². The zero-order valence-electron chi connectivity index (χ0n) is 11.9. The lowest BCUT2D eigenvalue weighted by Gasteiger charge is -2.48. The molecular formula is C14H30N2O. The van der Waals surface area contributed by atoms with Gasteiger partial charge in [0.25, 0.3) is 0 Å². The van der Waals surface area contributed by atoms with Gasteiger partial charge in [-0.2, -0.15) is 0 Å². The molecule has 1 fully saturated rings. The van der Waals surface area contributed by atoms with Crippen LogP contribution in [-0.4, -0.2) is 42.8 Å². The topological polar surface area (TPSA) is 38.5 Å². The number of rotatable bonds is 7. The summed E-state index contributed by atoms with van der Waals surface area (Å²) in [5.41, 5.74) is 6.30. The molecule has 3 nitrogen and oxygen atoms in total. The Bertz CT molecular complexity index is 210. The monoisotopic (exact) mass is 242 g/mol. The van der Waals surface area contributed by atoms with Crippen LogP contribution in [0.4, 0.5) is 0 Å². The molecule has 17 heavy (non-hydrogen) atoms. The first-order valence-electron chi connectivity index (χ1n) is 7.29. The van der Waals surface area contributed by atoms with E-state index in [1.54, 1.807) is 0 Å². The molecule has 0 spiro atoms. The van der Waals surface area contributed by atoms with Gasteiger partial charge in [0.05, 0.1) is 6.10 Å². The summed E-state index contributed by atoms with van der Waals surface area (Å²) in [5.74, 6) is 0. The Morgan fingerprint density at radius 2 is 2.12 bits per heavy atom. The summed E-state index contributed by atoms with van der Waals surface area (Å²) in [7, 11) is 0. The molecular weight excluding hydrogens is 212 g/mol. The second-order valence-electron chi connectivity index (χ2n) is 5.22. The molecule has 102 valence electrons. The third-order valence-electron chi connectivity index (χ3n) is 4.20. The van der Waals surface area contributed by atoms with Crippen LogP contribution in [0.5, 0.6) is 0 Å². The van der Waals surface area contributed by atoms with Crippen molar-refractivity contribution in [2.75, 3.05) is 26.2 Å². The third kappa shape index (κ3) is 3.67. The molecule has 1 saturated heterocycles. The molecule has 0 amide bonds. The predicted octanol–water partition coefficient (Wildman–Crippen LogP) is 2.39. The molecule has 2 N–H and O–H groups in total. The molecule has 0 radical (unpaired) electrons. The summed E-state index contributed by atoms with van der Waals surface area (Å²) in [5, 5.41) is 0. The van der Waals surface area contributed by atoms with Crippen LogP contribution in [0, 0.1) is 0 Å². The Morgan fingerprint density at radius 1 is 1.35 bits per heavy atom. The predicted molar refractivity (Wildman–Crippen MR) is 73.2 cm³/mol. The Morgan fingerprint density at radius 3 is 2.65 bits per heavy atom. The average Bonchev–Trinajstić information content (AvgIpc) is 2.39. The van der Waals surface area contributed by atoms with Crippen molar-refractivity contribution >= 4 is 0 Å². The van der Waals surface area contributed by atoms with Crippen molar-refractivity contribution in [1.82, 2.24) is 4.90 Å². The maximum atomic E-state index is 6.11. The molecule has 2 unspecified atom stereocenters. The van der Waals surface area contributed by atoms with Gasteiger partial charge in [0.15, 0.2) is 0 Å². The van der Waals surface area contributed by atoms with Crippen molar-refractivity contribution < 1.29 is 4.74 Å². The van der Waals surface area contributed by atoms with E-state index < -0.39 is 0 Å². The van der Waals surface area contributed by atoms with Crippen LogP contribution in [0.15, 0.2) is 0 Å². The van der Waals surface area contributed by atoms with Gasteiger partial charge < -0.3 is 10.5 Å². The van der Waals surface area contributed by atoms with E-state index in [-0.39, 0.29) is 5.54 Å². The van der Waals surface area contributed by atoms with Gasteiger partial charge in [0, 0.05) is 18.7 Å². The molecule has 0 bridgehead atoms. The zero-order chi connectivity index (χ0) is 12.7. The van der Waals surface area contributed by atoms with Crippen LogP contribution < -0.4 is 5.73 Å². The van der Waals surface area contributed by atoms with E-state index in [1.165, 1.54) is 19.4 Å². The van der Waals surface area contributed by atoms with E-state index in [2.05, 4.69) is 25.7 Å². The molecule has 1 heterocycles. The van der Waals surface area contributed by atoms with Crippen molar-refractivity contribution in [3.05, 3.63) is 0 Å². The lowest BCUT2D eigenvalue weighted by atomic mass is 9.83. The minimum absolute atomic E-state index is 0.197. The van der Waals surface area contributed by atoms with Gasteiger partial charge in [-0.25, -0.2) is 0 Å². The molecule has 0 saturated carbocycles. The zero-order valence-corrected chi connectivity index (χ0v) is 11.9. The quantitative estimate of drug-likeness (QED) is 0.745. The smallest absolute Gasteiger partial charge is 0.0590 e. The van der Waals surface area contributed by atoms with Crippen LogP contribution in [0.25, 0.3) is 0 Å². The minimum Gasteiger partial charge on any atom is -0.378 e. The highest BCUT2D eigenvalue weighted by Gasteiger charge is 2.39. The summed E-state index contributed by atoms with van der Waals surface area (Å²) in [6.45, 7) is 10.6. The normalized spacial score (nSPS) is 29.8. The highest BCUT2D eigenvalue weighted by atomic mass is 16.5. The molecule has 0 aromatic heterocycles. The van der Waals surface area contributed by atoms with E-state index >= 15 is 0 Å². The fraction of sp³-hybridized carbons (Fsp3) is 1.00. The maximum Gasteiger partial charge on any atom is 0.0590 e. The molecule has 1 aliphatic heterocycles. The minimum atomic E-state index is 0.197. The van der Waals surface area contributed by atoms with Gasteiger partial charge in [-0.3, -0.25) is 4.90 Å². The van der Waals surface area contributed by atoms with Crippen LogP contribution in [0.2, 0.25) is 0 Å². The Kier molecular flexibility index (Phi) is 6.45. The summed E-state index contributed by atoms with van der Waals surface area (Å²) in [6.07, 6.45) is 6.24. The second-order valence-corrected chi connectivity index (χ2v) is 5.22. The van der Waals surface area contributed by atoms with E-state index in [0.717, 1.165) is 39.0 Å². The Balaban J connectivity index is 2.69. The lowest BCUT2D eigenvalue weighted by Crippen LogP contribution is -2.58. The summed E-state index contributed by atoms with van der Waals surface area (Å²) < 4.78 is 5.80. The van der Waals surface area contributed by atoms with E-state index in [1.807, 2.05) is 0 Å². The molecule has 0 aliphatic carbocycles. The number of nitrogens with two attached hydrogens (primary N) is 1. The van der Waals surface area contributed by atoms with Gasteiger partial charge in [0.2, 0.25) is 0 Å². The van der Waals surface area contributed by atoms with Crippen molar-refractivity contribution in [3.8, 4) is 0 Å². The van der Waals surface area contributed by atoms with Crippen LogP contribution >= 0.6 is 0 Å². The maximum absolute atomic E-state index is 6.11. The van der Waals surface area contributed by atoms with E-state index in [0.29, 0.717) is 6.10 Å². The summed E-state index contributed by atoms with van der Waals surface area (Å²) in [4.78, 5) is 2.60. The Labute approximate surface area is 107 Å². The fourth-order valence-corrected chi connectivity index (χ4v) is 2.94. The number of hydrogen-bond acceptors (Lipinski definition) is 3. The first-order valence-corrected chi connectivity index (χ1v) is 7.29. The van der Waals surface area contributed by atoms with Gasteiger partial charge in [-0.1, -0.05) is 27.2 Å². The van der Waals surface area contributed by atoms with E-state index in [9.17, 15) is 0 Å². The summed E-state index contributed by atoms with van der Waals surface area (Å²) >= 11 is 0. The first-order chi connectivity index (χ1) is 8.22. The van der Waals surface area contributed by atoms with Crippen LogP contribution in [0.3, 0.4) is 0 Å². The highest BCUT2D eigenvalue weighted by Crippen LogP contribution is 2.31. The van der Waals surface area contributed by atoms with Crippen molar-refractivity contribution in [3.63, 3.8) is 0 Å². The lowest BCUT2D eigenvalue weighted by molar-refractivity contribution is -0.0710. The SMILES string of the molecule is CCCCN(CC)C1(CN)CCOC(CC)C1. The molecule has 0 aromatic carbocycles. The fourth-order valence-electron chi connectivity index (χ4n) is 2.94. The van der Waals surface area contributed by atoms with Gasteiger partial charge >= 0.3 is 0 Å². The number of nitrogens with zero attached hydrogens (tertiary/aromatic N) is 1. The number of likely N-dealkylation sites (N-methyl/N-ethyl adjacent to an activating group) is 1. The molecule has 3 heteroatoms. The first kappa shape index (κ1) is 14.9. The second kappa shape index (κ2) is 7.34. The van der Waals surface area contributed by atoms with Gasteiger partial charge in [0.1, 0.15) is 0 Å². The van der Waals surface area contributed by atoms with Crippen molar-refractivity contribution in [2.24, 2.45) is 5.73 Å². The molecule has 1 rings (SSSR count). The largest absolute Gasteiger partial charge is 0.378 e. The molecule has 2 atom stereocenters. The number of unbranched alkanes of at least 4 members (excludes halogenated alkanes) is 1. The number of hydrogen-bond donors (Lipinski definition) is 1. The standard InChI is InChI=1S/C14H30N2O/c1-4-7-9-16(6-3)14(12-15)8-10-17-13(5-2)11-14/h13H,4-12,15H2,1-3H3. The van der Waals surface area contributed by atoms with Crippen LogP contribution in [-0.2, 0) is 4.74 Å². The summed E-state index contributed by atoms with van der Waals surface area (Å²) in [6, 6.07) is 0. The molecule has 0 aromatic rings. The third-order valence-corrected chi connectivity index (χ3v) is 4.20. The van der Waals surface area contributed by atoms with Gasteiger partial charge in [-0.05, 0) is 38.8 Å². The van der Waals surface area contributed by atoms with Crippen molar-refractivity contribution in [2.45, 2.75) is 64.5 Å². The van der Waals surface area contributed by atoms with Crippen molar-refractivity contribution in [1.29, 1.82) is 0 Å². The number of ether oxygens (including phenoxy) is 1. The Hall–Kier alpha value is -0.120. The van der Waals surface area contributed by atoms with E-state index in [4.69, 9.17) is 10.5 Å². The highest BCUT2D eigenvalue weighted by molar-refractivity contribution is 4.95. The van der Waals surface area contributed by atoms with Crippen LogP contribution in [0.1, 0.15) is 52.9 Å².